The molecule has 0 spiro atoms. The maximum atomic E-state index is 12.4. The lowest BCUT2D eigenvalue weighted by molar-refractivity contribution is -0.117. The SMILES string of the molecule is Cc1cc(Nc2cncc(Nc3ccc(C)c(NC(=O)C4CCCN4)c3)n2)n[nH]1. The fraction of sp³-hybridized carbons (Fsp3) is 0.300. The average Bonchev–Trinajstić information content (AvgIpc) is 3.37. The van der Waals surface area contributed by atoms with Gasteiger partial charge in [0.2, 0.25) is 5.91 Å². The topological polar surface area (TPSA) is 120 Å². The number of benzene rings is 1. The summed E-state index contributed by atoms with van der Waals surface area (Å²) in [6.45, 7) is 4.79. The first-order chi connectivity index (χ1) is 14.1. The highest BCUT2D eigenvalue weighted by Gasteiger charge is 2.22. The smallest absolute Gasteiger partial charge is 0.241 e. The first-order valence-corrected chi connectivity index (χ1v) is 9.60. The van der Waals surface area contributed by atoms with Crippen LogP contribution in [0, 0.1) is 13.8 Å². The second-order valence-corrected chi connectivity index (χ2v) is 7.14. The Bertz CT molecular complexity index is 1010. The molecule has 4 rings (SSSR count). The van der Waals surface area contributed by atoms with Gasteiger partial charge in [0.05, 0.1) is 18.4 Å². The fourth-order valence-electron chi connectivity index (χ4n) is 3.21. The van der Waals surface area contributed by atoms with Gasteiger partial charge in [-0.15, -0.1) is 0 Å². The number of hydrogen-bond acceptors (Lipinski definition) is 7. The first kappa shape index (κ1) is 18.9. The lowest BCUT2D eigenvalue weighted by Gasteiger charge is -2.15. The molecule has 1 unspecified atom stereocenters. The maximum Gasteiger partial charge on any atom is 0.241 e. The summed E-state index contributed by atoms with van der Waals surface area (Å²) < 4.78 is 0. The second kappa shape index (κ2) is 8.27. The van der Waals surface area contributed by atoms with Gasteiger partial charge in [-0.2, -0.15) is 5.10 Å². The highest BCUT2D eigenvalue weighted by atomic mass is 16.2. The zero-order valence-corrected chi connectivity index (χ0v) is 16.4. The number of nitrogens with one attached hydrogen (secondary N) is 5. The molecule has 9 heteroatoms. The van der Waals surface area contributed by atoms with Crippen molar-refractivity contribution in [1.82, 2.24) is 25.5 Å². The zero-order chi connectivity index (χ0) is 20.2. The average molecular weight is 392 g/mol. The number of rotatable bonds is 6. The number of amides is 1. The highest BCUT2D eigenvalue weighted by molar-refractivity contribution is 5.96. The van der Waals surface area contributed by atoms with Crippen LogP contribution >= 0.6 is 0 Å². The summed E-state index contributed by atoms with van der Waals surface area (Å²) in [7, 11) is 0. The molecule has 150 valence electrons. The molecule has 3 aromatic rings. The molecule has 1 atom stereocenters. The summed E-state index contributed by atoms with van der Waals surface area (Å²) >= 11 is 0. The van der Waals surface area contributed by atoms with E-state index in [-0.39, 0.29) is 11.9 Å². The maximum absolute atomic E-state index is 12.4. The largest absolute Gasteiger partial charge is 0.339 e. The van der Waals surface area contributed by atoms with Crippen LogP contribution in [-0.4, -0.2) is 38.7 Å². The van der Waals surface area contributed by atoms with E-state index in [0.29, 0.717) is 17.5 Å². The van der Waals surface area contributed by atoms with Gasteiger partial charge >= 0.3 is 0 Å². The monoisotopic (exact) mass is 392 g/mol. The molecule has 3 heterocycles. The Balaban J connectivity index is 1.46. The van der Waals surface area contributed by atoms with Gasteiger partial charge in [0, 0.05) is 23.1 Å². The minimum Gasteiger partial charge on any atom is -0.339 e. The van der Waals surface area contributed by atoms with Crippen molar-refractivity contribution in [1.29, 1.82) is 0 Å². The van der Waals surface area contributed by atoms with E-state index >= 15 is 0 Å². The lowest BCUT2D eigenvalue weighted by Crippen LogP contribution is -2.35. The van der Waals surface area contributed by atoms with Crippen LogP contribution in [0.15, 0.2) is 36.7 Å². The van der Waals surface area contributed by atoms with Crippen molar-refractivity contribution >= 4 is 34.7 Å². The van der Waals surface area contributed by atoms with Crippen LogP contribution in [0.4, 0.5) is 28.8 Å². The van der Waals surface area contributed by atoms with Gasteiger partial charge in [-0.1, -0.05) is 6.07 Å². The van der Waals surface area contributed by atoms with E-state index in [1.807, 2.05) is 38.1 Å². The van der Waals surface area contributed by atoms with E-state index in [4.69, 9.17) is 0 Å². The van der Waals surface area contributed by atoms with Gasteiger partial charge in [0.25, 0.3) is 0 Å². The Kier molecular flexibility index (Phi) is 5.39. The van der Waals surface area contributed by atoms with E-state index in [9.17, 15) is 4.79 Å². The van der Waals surface area contributed by atoms with E-state index in [1.54, 1.807) is 12.4 Å². The van der Waals surface area contributed by atoms with Crippen molar-refractivity contribution in [3.63, 3.8) is 0 Å². The normalized spacial score (nSPS) is 15.9. The van der Waals surface area contributed by atoms with Crippen LogP contribution in [-0.2, 0) is 4.79 Å². The molecule has 1 aromatic carbocycles. The van der Waals surface area contributed by atoms with Crippen molar-refractivity contribution in [3.05, 3.63) is 47.9 Å². The van der Waals surface area contributed by atoms with Crippen LogP contribution in [0.2, 0.25) is 0 Å². The minimum atomic E-state index is -0.120. The molecule has 1 fully saturated rings. The van der Waals surface area contributed by atoms with Crippen LogP contribution in [0.5, 0.6) is 0 Å². The molecule has 1 aliphatic rings. The Morgan fingerprint density at radius 2 is 1.93 bits per heavy atom. The molecule has 0 bridgehead atoms. The van der Waals surface area contributed by atoms with Crippen molar-refractivity contribution in [3.8, 4) is 0 Å². The fourth-order valence-corrected chi connectivity index (χ4v) is 3.21. The first-order valence-electron chi connectivity index (χ1n) is 9.60. The summed E-state index contributed by atoms with van der Waals surface area (Å²) in [6, 6.07) is 7.57. The second-order valence-electron chi connectivity index (χ2n) is 7.14. The standard InChI is InChI=1S/C20H24N8O/c1-12-5-6-14(9-16(12)24-20(29)15-4-3-7-22-15)23-18-10-21-11-19(26-18)25-17-8-13(2)27-28-17/h5-6,8-11,15,22H,3-4,7H2,1-2H3,(H,24,29)(H3,23,25,26,27,28). The van der Waals surface area contributed by atoms with Gasteiger partial charge in [-0.3, -0.25) is 14.9 Å². The van der Waals surface area contributed by atoms with Crippen molar-refractivity contribution in [2.75, 3.05) is 22.5 Å². The third-order valence-corrected chi connectivity index (χ3v) is 4.74. The Morgan fingerprint density at radius 3 is 2.66 bits per heavy atom. The number of anilines is 5. The Labute approximate surface area is 168 Å². The molecule has 2 aromatic heterocycles. The Morgan fingerprint density at radius 1 is 1.10 bits per heavy atom. The molecule has 9 nitrogen and oxygen atoms in total. The summed E-state index contributed by atoms with van der Waals surface area (Å²) in [6.07, 6.45) is 5.17. The number of nitrogens with zero attached hydrogens (tertiary/aromatic N) is 3. The van der Waals surface area contributed by atoms with Crippen LogP contribution < -0.4 is 21.3 Å². The lowest BCUT2D eigenvalue weighted by atomic mass is 10.1. The third kappa shape index (κ3) is 4.69. The van der Waals surface area contributed by atoms with E-state index < -0.39 is 0 Å². The molecular formula is C20H24N8O. The van der Waals surface area contributed by atoms with Gasteiger partial charge < -0.3 is 21.3 Å². The van der Waals surface area contributed by atoms with Crippen molar-refractivity contribution in [2.45, 2.75) is 32.7 Å². The van der Waals surface area contributed by atoms with E-state index in [1.165, 1.54) is 0 Å². The number of carbonyl (C=O) groups excluding carboxylic acids is 1. The molecule has 0 saturated carbocycles. The molecule has 0 radical (unpaired) electrons. The predicted octanol–water partition coefficient (Wildman–Crippen LogP) is 2.99. The summed E-state index contributed by atoms with van der Waals surface area (Å²) in [5.41, 5.74) is 3.55. The number of carbonyl (C=O) groups is 1. The number of aromatic amines is 1. The number of aromatic nitrogens is 4. The molecule has 1 amide bonds. The van der Waals surface area contributed by atoms with Gasteiger partial charge in [0.15, 0.2) is 17.5 Å². The van der Waals surface area contributed by atoms with Crippen molar-refractivity contribution in [2.24, 2.45) is 0 Å². The van der Waals surface area contributed by atoms with Gasteiger partial charge in [-0.25, -0.2) is 4.98 Å². The van der Waals surface area contributed by atoms with E-state index in [0.717, 1.165) is 42.0 Å². The summed E-state index contributed by atoms with van der Waals surface area (Å²) in [5, 5.41) is 19.6. The molecule has 1 saturated heterocycles. The zero-order valence-electron chi connectivity index (χ0n) is 16.4. The number of aryl methyl sites for hydroxylation is 2. The summed E-state index contributed by atoms with van der Waals surface area (Å²) in [4.78, 5) is 21.2. The van der Waals surface area contributed by atoms with Crippen molar-refractivity contribution < 1.29 is 4.79 Å². The van der Waals surface area contributed by atoms with Crippen LogP contribution in [0.1, 0.15) is 24.1 Å². The molecular weight excluding hydrogens is 368 g/mol. The molecule has 0 aliphatic carbocycles. The number of hydrogen-bond donors (Lipinski definition) is 5. The van der Waals surface area contributed by atoms with Gasteiger partial charge in [-0.05, 0) is 50.9 Å². The van der Waals surface area contributed by atoms with Gasteiger partial charge in [0.1, 0.15) is 0 Å². The van der Waals surface area contributed by atoms with E-state index in [2.05, 4.69) is 41.4 Å². The molecule has 29 heavy (non-hydrogen) atoms. The summed E-state index contributed by atoms with van der Waals surface area (Å²) in [5.74, 6) is 1.84. The molecule has 5 N–H and O–H groups in total. The third-order valence-electron chi connectivity index (χ3n) is 4.74. The Hall–Kier alpha value is -3.46. The van der Waals surface area contributed by atoms with Crippen LogP contribution in [0.3, 0.4) is 0 Å². The van der Waals surface area contributed by atoms with Crippen LogP contribution in [0.25, 0.3) is 0 Å². The number of H-pyrrole nitrogens is 1. The highest BCUT2D eigenvalue weighted by Crippen LogP contribution is 2.24. The predicted molar refractivity (Wildman–Crippen MR) is 113 cm³/mol. The molecule has 1 aliphatic heterocycles. The quantitative estimate of drug-likeness (QED) is 0.437. The minimum absolute atomic E-state index is 0.00281.